The summed E-state index contributed by atoms with van der Waals surface area (Å²) in [7, 11) is 0. The molecule has 1 nitrogen and oxygen atoms in total. The van der Waals surface area contributed by atoms with Crippen LogP contribution in [0.15, 0.2) is 36.4 Å². The van der Waals surface area contributed by atoms with E-state index >= 15 is 0 Å². The van der Waals surface area contributed by atoms with Crippen molar-refractivity contribution >= 4 is 0 Å². The third-order valence-electron chi connectivity index (χ3n) is 3.34. The lowest BCUT2D eigenvalue weighted by Crippen LogP contribution is -2.14. The average Bonchev–Trinajstić information content (AvgIpc) is 2.37. The summed E-state index contributed by atoms with van der Waals surface area (Å²) in [4.78, 5) is 0. The molecular formula is C16H14F4O. The minimum atomic E-state index is -4.73. The molecule has 0 bridgehead atoms. The van der Waals surface area contributed by atoms with Gasteiger partial charge < -0.3 is 5.11 Å². The van der Waals surface area contributed by atoms with Crippen molar-refractivity contribution in [3.63, 3.8) is 0 Å². The average molecular weight is 298 g/mol. The van der Waals surface area contributed by atoms with Crippen molar-refractivity contribution in [3.8, 4) is 0 Å². The van der Waals surface area contributed by atoms with E-state index in [-0.39, 0.29) is 5.56 Å². The Morgan fingerprint density at radius 1 is 0.952 bits per heavy atom. The van der Waals surface area contributed by atoms with E-state index in [0.717, 1.165) is 17.7 Å². The molecule has 1 atom stereocenters. The van der Waals surface area contributed by atoms with Crippen molar-refractivity contribution in [1.29, 1.82) is 0 Å². The van der Waals surface area contributed by atoms with Gasteiger partial charge in [-0.1, -0.05) is 29.8 Å². The van der Waals surface area contributed by atoms with Crippen LogP contribution < -0.4 is 0 Å². The van der Waals surface area contributed by atoms with E-state index in [1.54, 1.807) is 25.1 Å². The number of aryl methyl sites for hydroxylation is 2. The minimum absolute atomic E-state index is 0.351. The van der Waals surface area contributed by atoms with Crippen LogP contribution in [-0.2, 0) is 6.18 Å². The lowest BCUT2D eigenvalue weighted by molar-refractivity contribution is -0.139. The van der Waals surface area contributed by atoms with Gasteiger partial charge in [-0.05, 0) is 42.7 Å². The van der Waals surface area contributed by atoms with E-state index < -0.39 is 23.7 Å². The van der Waals surface area contributed by atoms with Crippen molar-refractivity contribution in [1.82, 2.24) is 0 Å². The highest BCUT2D eigenvalue weighted by Crippen LogP contribution is 2.37. The number of halogens is 4. The van der Waals surface area contributed by atoms with Crippen molar-refractivity contribution in [3.05, 3.63) is 70.0 Å². The summed E-state index contributed by atoms with van der Waals surface area (Å²) < 4.78 is 52.1. The Morgan fingerprint density at radius 3 is 2.14 bits per heavy atom. The predicted octanol–water partition coefficient (Wildman–Crippen LogP) is 4.54. The largest absolute Gasteiger partial charge is 0.416 e. The normalized spacial score (nSPS) is 13.3. The molecule has 112 valence electrons. The molecule has 0 saturated heterocycles. The first-order valence-corrected chi connectivity index (χ1v) is 6.32. The van der Waals surface area contributed by atoms with E-state index in [0.29, 0.717) is 17.2 Å². The monoisotopic (exact) mass is 298 g/mol. The molecule has 0 aliphatic carbocycles. The summed E-state index contributed by atoms with van der Waals surface area (Å²) in [5, 5.41) is 10.3. The van der Waals surface area contributed by atoms with Gasteiger partial charge in [0.2, 0.25) is 0 Å². The van der Waals surface area contributed by atoms with Crippen LogP contribution in [0.25, 0.3) is 0 Å². The van der Waals surface area contributed by atoms with Crippen LogP contribution in [0.5, 0.6) is 0 Å². The molecule has 21 heavy (non-hydrogen) atoms. The van der Waals surface area contributed by atoms with Gasteiger partial charge in [0, 0.05) is 0 Å². The zero-order chi connectivity index (χ0) is 15.8. The molecule has 0 saturated carbocycles. The summed E-state index contributed by atoms with van der Waals surface area (Å²) in [6.45, 7) is 3.56. The molecule has 2 rings (SSSR count). The molecule has 0 fully saturated rings. The molecule has 0 amide bonds. The smallest absolute Gasteiger partial charge is 0.384 e. The van der Waals surface area contributed by atoms with Crippen LogP contribution in [0.1, 0.15) is 33.9 Å². The minimum Gasteiger partial charge on any atom is -0.384 e. The molecule has 0 heterocycles. The third-order valence-corrected chi connectivity index (χ3v) is 3.34. The Hall–Kier alpha value is -1.88. The van der Waals surface area contributed by atoms with Crippen LogP contribution >= 0.6 is 0 Å². The van der Waals surface area contributed by atoms with Crippen LogP contribution in [0, 0.1) is 19.7 Å². The molecule has 0 spiro atoms. The first-order chi connectivity index (χ1) is 9.70. The molecule has 0 aliphatic rings. The van der Waals surface area contributed by atoms with Crippen molar-refractivity contribution in [2.75, 3.05) is 0 Å². The van der Waals surface area contributed by atoms with E-state index in [2.05, 4.69) is 0 Å². The molecule has 0 radical (unpaired) electrons. The van der Waals surface area contributed by atoms with Gasteiger partial charge >= 0.3 is 6.18 Å². The highest BCUT2D eigenvalue weighted by Gasteiger charge is 2.36. The Labute approximate surface area is 119 Å². The molecule has 1 unspecified atom stereocenters. The third kappa shape index (κ3) is 3.24. The summed E-state index contributed by atoms with van der Waals surface area (Å²) in [5.41, 5.74) is 0.488. The number of hydrogen-bond donors (Lipinski definition) is 1. The first-order valence-electron chi connectivity index (χ1n) is 6.32. The van der Waals surface area contributed by atoms with Gasteiger partial charge in [-0.25, -0.2) is 4.39 Å². The van der Waals surface area contributed by atoms with Crippen molar-refractivity contribution in [2.24, 2.45) is 0 Å². The topological polar surface area (TPSA) is 20.2 Å². The molecule has 0 aromatic heterocycles. The zero-order valence-electron chi connectivity index (χ0n) is 11.5. The molecular weight excluding hydrogens is 284 g/mol. The molecule has 2 aromatic carbocycles. The maximum atomic E-state index is 13.1. The number of rotatable bonds is 2. The molecule has 5 heteroatoms. The zero-order valence-corrected chi connectivity index (χ0v) is 11.5. The quantitative estimate of drug-likeness (QED) is 0.807. The highest BCUT2D eigenvalue weighted by atomic mass is 19.4. The Bertz CT molecular complexity index is 662. The maximum absolute atomic E-state index is 13.1. The summed E-state index contributed by atoms with van der Waals surface area (Å²) in [6, 6.07) is 7.36. The number of benzene rings is 2. The van der Waals surface area contributed by atoms with E-state index in [1.165, 1.54) is 0 Å². The van der Waals surface area contributed by atoms with Gasteiger partial charge in [0.15, 0.2) is 0 Å². The van der Waals surface area contributed by atoms with E-state index in [4.69, 9.17) is 0 Å². The maximum Gasteiger partial charge on any atom is 0.416 e. The fraction of sp³-hybridized carbons (Fsp3) is 0.250. The van der Waals surface area contributed by atoms with E-state index in [9.17, 15) is 22.7 Å². The lowest BCUT2D eigenvalue weighted by atomic mass is 9.93. The van der Waals surface area contributed by atoms with Gasteiger partial charge in [-0.15, -0.1) is 0 Å². The van der Waals surface area contributed by atoms with Crippen molar-refractivity contribution in [2.45, 2.75) is 26.1 Å². The fourth-order valence-corrected chi connectivity index (χ4v) is 2.31. The van der Waals surface area contributed by atoms with Gasteiger partial charge in [0.1, 0.15) is 11.9 Å². The van der Waals surface area contributed by atoms with Gasteiger partial charge in [0.05, 0.1) is 5.56 Å². The van der Waals surface area contributed by atoms with Crippen LogP contribution in [0.2, 0.25) is 0 Å². The molecule has 1 N–H and O–H groups in total. The van der Waals surface area contributed by atoms with Gasteiger partial charge in [0.25, 0.3) is 0 Å². The Morgan fingerprint density at radius 2 is 1.57 bits per heavy atom. The second-order valence-electron chi connectivity index (χ2n) is 4.99. The fourth-order valence-electron chi connectivity index (χ4n) is 2.31. The molecule has 2 aromatic rings. The van der Waals surface area contributed by atoms with Crippen LogP contribution in [0.4, 0.5) is 17.6 Å². The summed E-state index contributed by atoms with van der Waals surface area (Å²) in [5.74, 6) is -0.987. The number of alkyl halides is 3. The first kappa shape index (κ1) is 15.5. The van der Waals surface area contributed by atoms with E-state index in [1.807, 2.05) is 6.92 Å². The van der Waals surface area contributed by atoms with Gasteiger partial charge in [-0.2, -0.15) is 13.2 Å². The predicted molar refractivity (Wildman–Crippen MR) is 71.4 cm³/mol. The lowest BCUT2D eigenvalue weighted by Gasteiger charge is -2.19. The Balaban J connectivity index is 2.55. The number of hydrogen-bond acceptors (Lipinski definition) is 1. The SMILES string of the molecule is Cc1ccc(C(O)c2ccc(F)cc2C(F)(F)F)c(C)c1. The van der Waals surface area contributed by atoms with Crippen LogP contribution in [0.3, 0.4) is 0 Å². The second-order valence-corrected chi connectivity index (χ2v) is 4.99. The van der Waals surface area contributed by atoms with Gasteiger partial charge in [-0.3, -0.25) is 0 Å². The second kappa shape index (κ2) is 5.48. The number of aliphatic hydroxyl groups is 1. The standard InChI is InChI=1S/C16H14F4O/c1-9-3-5-12(10(2)7-9)15(21)13-6-4-11(17)8-14(13)16(18,19)20/h3-8,15,21H,1-2H3. The highest BCUT2D eigenvalue weighted by molar-refractivity contribution is 5.41. The van der Waals surface area contributed by atoms with Crippen LogP contribution in [-0.4, -0.2) is 5.11 Å². The van der Waals surface area contributed by atoms with Crippen molar-refractivity contribution < 1.29 is 22.7 Å². The molecule has 0 aliphatic heterocycles. The summed E-state index contributed by atoms with van der Waals surface area (Å²) >= 11 is 0. The summed E-state index contributed by atoms with van der Waals surface area (Å²) in [6.07, 6.45) is -6.18. The Kier molecular flexibility index (Phi) is 4.05. The number of aliphatic hydroxyl groups excluding tert-OH is 1.